The van der Waals surface area contributed by atoms with Crippen molar-refractivity contribution < 1.29 is 4.39 Å². The van der Waals surface area contributed by atoms with E-state index < -0.39 is 0 Å². The van der Waals surface area contributed by atoms with Crippen molar-refractivity contribution in [1.29, 1.82) is 0 Å². The smallest absolute Gasteiger partial charge is 0.123 e. The quantitative estimate of drug-likeness (QED) is 0.890. The van der Waals surface area contributed by atoms with Crippen LogP contribution in [0.25, 0.3) is 0 Å². The van der Waals surface area contributed by atoms with Crippen molar-refractivity contribution in [3.63, 3.8) is 0 Å². The third kappa shape index (κ3) is 4.14. The number of benzene rings is 1. The lowest BCUT2D eigenvalue weighted by molar-refractivity contribution is 0.579. The predicted molar refractivity (Wildman–Crippen MR) is 75.4 cm³/mol. The van der Waals surface area contributed by atoms with Gasteiger partial charge in [-0.05, 0) is 41.3 Å². The molecule has 0 aliphatic heterocycles. The molecule has 19 heavy (non-hydrogen) atoms. The highest BCUT2D eigenvalue weighted by Crippen LogP contribution is 2.16. The van der Waals surface area contributed by atoms with Gasteiger partial charge in [-0.2, -0.15) is 0 Å². The number of nitrogens with one attached hydrogen (secondary N) is 1. The molecule has 1 N–H and O–H groups in total. The highest BCUT2D eigenvalue weighted by molar-refractivity contribution is 5.32. The van der Waals surface area contributed by atoms with Crippen LogP contribution in [0.15, 0.2) is 42.7 Å². The second-order valence-electron chi connectivity index (χ2n) is 4.99. The third-order valence-corrected chi connectivity index (χ3v) is 2.99. The maximum absolute atomic E-state index is 13.4. The molecule has 1 aromatic heterocycles. The Hall–Kier alpha value is -1.74. The van der Waals surface area contributed by atoms with E-state index >= 15 is 0 Å². The molecule has 3 heteroatoms. The van der Waals surface area contributed by atoms with Crippen LogP contribution in [-0.4, -0.2) is 11.0 Å². The van der Waals surface area contributed by atoms with Gasteiger partial charge in [0.1, 0.15) is 5.82 Å². The number of halogens is 1. The van der Waals surface area contributed by atoms with Gasteiger partial charge >= 0.3 is 0 Å². The molecule has 0 unspecified atom stereocenters. The van der Waals surface area contributed by atoms with Gasteiger partial charge in [0.15, 0.2) is 0 Å². The van der Waals surface area contributed by atoms with Crippen molar-refractivity contribution in [2.75, 3.05) is 0 Å². The molecule has 1 heterocycles. The predicted octanol–water partition coefficient (Wildman–Crippen LogP) is 3.31. The summed E-state index contributed by atoms with van der Waals surface area (Å²) in [6, 6.07) is 9.33. The molecule has 2 nitrogen and oxygen atoms in total. The maximum atomic E-state index is 13.4. The minimum Gasteiger partial charge on any atom is -0.310 e. The molecule has 2 rings (SSSR count). The minimum atomic E-state index is -0.185. The summed E-state index contributed by atoms with van der Waals surface area (Å²) in [4.78, 5) is 4.11. The van der Waals surface area contributed by atoms with Gasteiger partial charge in [0, 0.05) is 25.0 Å². The minimum absolute atomic E-state index is 0.185. The zero-order valence-corrected chi connectivity index (χ0v) is 11.4. The lowest BCUT2D eigenvalue weighted by atomic mass is 10.0. The normalized spacial score (nSPS) is 10.9. The first kappa shape index (κ1) is 13.7. The van der Waals surface area contributed by atoms with E-state index in [1.54, 1.807) is 12.3 Å². The largest absolute Gasteiger partial charge is 0.310 e. The fourth-order valence-electron chi connectivity index (χ4n) is 1.97. The van der Waals surface area contributed by atoms with Crippen molar-refractivity contribution in [2.45, 2.75) is 32.9 Å². The fraction of sp³-hybridized carbons (Fsp3) is 0.312. The highest BCUT2D eigenvalue weighted by atomic mass is 19.1. The molecule has 0 saturated heterocycles. The van der Waals surface area contributed by atoms with E-state index in [1.807, 2.05) is 24.4 Å². The first-order valence-electron chi connectivity index (χ1n) is 6.55. The van der Waals surface area contributed by atoms with Crippen LogP contribution in [0.3, 0.4) is 0 Å². The molecule has 2 aromatic rings. The average molecular weight is 258 g/mol. The molecule has 0 bridgehead atoms. The van der Waals surface area contributed by atoms with E-state index in [-0.39, 0.29) is 5.82 Å². The molecule has 0 aliphatic rings. The number of rotatable bonds is 5. The maximum Gasteiger partial charge on any atom is 0.123 e. The van der Waals surface area contributed by atoms with Crippen molar-refractivity contribution in [1.82, 2.24) is 10.3 Å². The standard InChI is InChI=1S/C16H19FN2/c1-12(2)19-11-15-9-16(17)6-5-14(15)8-13-4-3-7-18-10-13/h3-7,9-10,12,19H,8,11H2,1-2H3. The first-order valence-corrected chi connectivity index (χ1v) is 6.55. The molecular weight excluding hydrogens is 239 g/mol. The summed E-state index contributed by atoms with van der Waals surface area (Å²) in [5, 5.41) is 3.33. The summed E-state index contributed by atoms with van der Waals surface area (Å²) < 4.78 is 13.4. The number of hydrogen-bond acceptors (Lipinski definition) is 2. The highest BCUT2D eigenvalue weighted by Gasteiger charge is 2.06. The number of pyridine rings is 1. The van der Waals surface area contributed by atoms with E-state index in [9.17, 15) is 4.39 Å². The van der Waals surface area contributed by atoms with Crippen molar-refractivity contribution >= 4 is 0 Å². The Morgan fingerprint density at radius 2 is 2.05 bits per heavy atom. The van der Waals surface area contributed by atoms with Gasteiger partial charge < -0.3 is 5.32 Å². The van der Waals surface area contributed by atoms with Crippen molar-refractivity contribution in [2.24, 2.45) is 0 Å². The Morgan fingerprint density at radius 3 is 2.74 bits per heavy atom. The lowest BCUT2D eigenvalue weighted by Crippen LogP contribution is -2.22. The van der Waals surface area contributed by atoms with Crippen molar-refractivity contribution in [3.05, 3.63) is 65.2 Å². The molecule has 0 amide bonds. The summed E-state index contributed by atoms with van der Waals surface area (Å²) in [6.45, 7) is 4.85. The summed E-state index contributed by atoms with van der Waals surface area (Å²) >= 11 is 0. The van der Waals surface area contributed by atoms with Gasteiger partial charge in [-0.15, -0.1) is 0 Å². The van der Waals surface area contributed by atoms with E-state index in [2.05, 4.69) is 24.1 Å². The number of nitrogens with zero attached hydrogens (tertiary/aromatic N) is 1. The summed E-state index contributed by atoms with van der Waals surface area (Å²) in [5.74, 6) is -0.185. The molecular formula is C16H19FN2. The second kappa shape index (κ2) is 6.43. The van der Waals surface area contributed by atoms with E-state index in [1.165, 1.54) is 6.07 Å². The third-order valence-electron chi connectivity index (χ3n) is 2.99. The van der Waals surface area contributed by atoms with E-state index in [4.69, 9.17) is 0 Å². The topological polar surface area (TPSA) is 24.9 Å². The monoisotopic (exact) mass is 258 g/mol. The SMILES string of the molecule is CC(C)NCc1cc(F)ccc1Cc1cccnc1. The van der Waals surface area contributed by atoms with Gasteiger partial charge in [-0.25, -0.2) is 4.39 Å². The van der Waals surface area contributed by atoms with Crippen LogP contribution >= 0.6 is 0 Å². The molecule has 0 radical (unpaired) electrons. The zero-order valence-electron chi connectivity index (χ0n) is 11.4. The Kier molecular flexibility index (Phi) is 4.63. The summed E-state index contributed by atoms with van der Waals surface area (Å²) in [6.07, 6.45) is 4.39. The van der Waals surface area contributed by atoms with Crippen LogP contribution in [0, 0.1) is 5.82 Å². The first-order chi connectivity index (χ1) is 9.15. The fourth-order valence-corrected chi connectivity index (χ4v) is 1.97. The Morgan fingerprint density at radius 1 is 1.21 bits per heavy atom. The molecule has 100 valence electrons. The molecule has 0 saturated carbocycles. The van der Waals surface area contributed by atoms with Gasteiger partial charge in [-0.1, -0.05) is 26.0 Å². The Labute approximate surface area is 113 Å². The molecule has 0 fully saturated rings. The van der Waals surface area contributed by atoms with Crippen LogP contribution in [0.1, 0.15) is 30.5 Å². The van der Waals surface area contributed by atoms with Crippen LogP contribution in [0.2, 0.25) is 0 Å². The van der Waals surface area contributed by atoms with Crippen LogP contribution in [0.4, 0.5) is 4.39 Å². The average Bonchev–Trinajstić information content (AvgIpc) is 2.40. The van der Waals surface area contributed by atoms with Gasteiger partial charge in [0.2, 0.25) is 0 Å². The Balaban J connectivity index is 2.19. The molecule has 0 atom stereocenters. The summed E-state index contributed by atoms with van der Waals surface area (Å²) in [5.41, 5.74) is 3.29. The lowest BCUT2D eigenvalue weighted by Gasteiger charge is -2.13. The van der Waals surface area contributed by atoms with Crippen LogP contribution in [0.5, 0.6) is 0 Å². The summed E-state index contributed by atoms with van der Waals surface area (Å²) in [7, 11) is 0. The number of hydrogen-bond donors (Lipinski definition) is 1. The zero-order chi connectivity index (χ0) is 13.7. The van der Waals surface area contributed by atoms with Gasteiger partial charge in [-0.3, -0.25) is 4.98 Å². The molecule has 0 spiro atoms. The van der Waals surface area contributed by atoms with Gasteiger partial charge in [0.25, 0.3) is 0 Å². The second-order valence-corrected chi connectivity index (χ2v) is 4.99. The number of aromatic nitrogens is 1. The van der Waals surface area contributed by atoms with Gasteiger partial charge in [0.05, 0.1) is 0 Å². The van der Waals surface area contributed by atoms with E-state index in [0.29, 0.717) is 12.6 Å². The van der Waals surface area contributed by atoms with Crippen molar-refractivity contribution in [3.8, 4) is 0 Å². The Bertz CT molecular complexity index is 524. The van der Waals surface area contributed by atoms with Crippen LogP contribution in [-0.2, 0) is 13.0 Å². The van der Waals surface area contributed by atoms with Crippen LogP contribution < -0.4 is 5.32 Å². The van der Waals surface area contributed by atoms with E-state index in [0.717, 1.165) is 23.1 Å². The molecule has 1 aromatic carbocycles. The molecule has 0 aliphatic carbocycles.